The van der Waals surface area contributed by atoms with Crippen LogP contribution in [0, 0.1) is 6.92 Å². The molecule has 3 aromatic rings. The van der Waals surface area contributed by atoms with Crippen LogP contribution in [0.15, 0.2) is 55.0 Å². The summed E-state index contributed by atoms with van der Waals surface area (Å²) in [5.41, 5.74) is 8.57. The average molecular weight is 297 g/mol. The first kappa shape index (κ1) is 14.0. The molecule has 2 aromatic heterocycles. The summed E-state index contributed by atoms with van der Waals surface area (Å²) in [6.07, 6.45) is 3.74. The lowest BCUT2D eigenvalue weighted by atomic mass is 10.0. The van der Waals surface area contributed by atoms with Gasteiger partial charge in [-0.15, -0.1) is 11.3 Å². The molecule has 4 heteroatoms. The highest BCUT2D eigenvalue weighted by molar-refractivity contribution is 7.12. The Balaban J connectivity index is 1.94. The number of aromatic nitrogens is 2. The van der Waals surface area contributed by atoms with Crippen LogP contribution >= 0.6 is 11.3 Å². The fourth-order valence-electron chi connectivity index (χ4n) is 2.53. The lowest BCUT2D eigenvalue weighted by Crippen LogP contribution is -2.18. The molecule has 0 radical (unpaired) electrons. The highest BCUT2D eigenvalue weighted by Crippen LogP contribution is 2.29. The maximum Gasteiger partial charge on any atom is 0.0954 e. The highest BCUT2D eigenvalue weighted by atomic mass is 32.1. The maximum absolute atomic E-state index is 6.43. The highest BCUT2D eigenvalue weighted by Gasteiger charge is 2.18. The van der Waals surface area contributed by atoms with E-state index < -0.39 is 0 Å². The van der Waals surface area contributed by atoms with Crippen LogP contribution in [0.2, 0.25) is 0 Å². The molecular formula is C17H19N3S. The summed E-state index contributed by atoms with van der Waals surface area (Å²) in [6, 6.07) is 14.6. The van der Waals surface area contributed by atoms with Crippen molar-refractivity contribution in [2.75, 3.05) is 0 Å². The number of aryl methyl sites for hydroxylation is 1. The number of rotatable bonds is 4. The Labute approximate surface area is 129 Å². The van der Waals surface area contributed by atoms with Crippen molar-refractivity contribution in [2.24, 2.45) is 5.73 Å². The monoisotopic (exact) mass is 297 g/mol. The van der Waals surface area contributed by atoms with E-state index in [-0.39, 0.29) is 12.1 Å². The van der Waals surface area contributed by atoms with E-state index in [0.29, 0.717) is 0 Å². The number of nitrogens with zero attached hydrogens (tertiary/aromatic N) is 2. The largest absolute Gasteiger partial charge is 0.325 e. The summed E-state index contributed by atoms with van der Waals surface area (Å²) in [5.74, 6) is 0. The SMILES string of the molecule is Cc1ccc(C(C)n2cncc2C(N)c2ccccc2)s1. The maximum atomic E-state index is 6.43. The normalized spacial score (nSPS) is 14.0. The van der Waals surface area contributed by atoms with Gasteiger partial charge in [0, 0.05) is 9.75 Å². The zero-order chi connectivity index (χ0) is 14.8. The molecule has 3 nitrogen and oxygen atoms in total. The second-order valence-corrected chi connectivity index (χ2v) is 6.56. The van der Waals surface area contributed by atoms with Crippen LogP contribution in [0.1, 0.15) is 40.0 Å². The van der Waals surface area contributed by atoms with Gasteiger partial charge in [0.1, 0.15) is 0 Å². The molecule has 2 heterocycles. The number of thiophene rings is 1. The molecule has 0 saturated heterocycles. The molecule has 2 N–H and O–H groups in total. The minimum atomic E-state index is -0.155. The van der Waals surface area contributed by atoms with Crippen LogP contribution in [0.25, 0.3) is 0 Å². The van der Waals surface area contributed by atoms with Gasteiger partial charge in [-0.25, -0.2) is 4.98 Å². The van der Waals surface area contributed by atoms with E-state index >= 15 is 0 Å². The summed E-state index contributed by atoms with van der Waals surface area (Å²) in [6.45, 7) is 4.32. The Morgan fingerprint density at radius 3 is 2.57 bits per heavy atom. The topological polar surface area (TPSA) is 43.8 Å². The van der Waals surface area contributed by atoms with Gasteiger partial charge in [-0.3, -0.25) is 0 Å². The predicted octanol–water partition coefficient (Wildman–Crippen LogP) is 3.91. The fraction of sp³-hybridized carbons (Fsp3) is 0.235. The molecule has 0 saturated carbocycles. The van der Waals surface area contributed by atoms with Crippen LogP contribution < -0.4 is 5.73 Å². The van der Waals surface area contributed by atoms with Crippen molar-refractivity contribution >= 4 is 11.3 Å². The molecule has 21 heavy (non-hydrogen) atoms. The van der Waals surface area contributed by atoms with Gasteiger partial charge in [-0.2, -0.15) is 0 Å². The second-order valence-electron chi connectivity index (χ2n) is 5.24. The number of imidazole rings is 1. The van der Waals surface area contributed by atoms with Gasteiger partial charge >= 0.3 is 0 Å². The van der Waals surface area contributed by atoms with Crippen LogP contribution in [-0.2, 0) is 0 Å². The van der Waals surface area contributed by atoms with Gasteiger partial charge in [0.15, 0.2) is 0 Å². The minimum Gasteiger partial charge on any atom is -0.325 e. The second kappa shape index (κ2) is 5.84. The van der Waals surface area contributed by atoms with E-state index in [2.05, 4.69) is 47.7 Å². The number of benzene rings is 1. The van der Waals surface area contributed by atoms with Gasteiger partial charge in [-0.05, 0) is 31.5 Å². The van der Waals surface area contributed by atoms with Crippen molar-refractivity contribution in [2.45, 2.75) is 25.9 Å². The van der Waals surface area contributed by atoms with E-state index in [0.717, 1.165) is 11.3 Å². The number of hydrogen-bond acceptors (Lipinski definition) is 3. The van der Waals surface area contributed by atoms with E-state index in [4.69, 9.17) is 5.73 Å². The van der Waals surface area contributed by atoms with Crippen molar-refractivity contribution in [3.05, 3.63) is 76.0 Å². The Morgan fingerprint density at radius 1 is 1.14 bits per heavy atom. The lowest BCUT2D eigenvalue weighted by Gasteiger charge is -2.19. The van der Waals surface area contributed by atoms with E-state index in [1.54, 1.807) is 0 Å². The van der Waals surface area contributed by atoms with Crippen LogP contribution in [-0.4, -0.2) is 9.55 Å². The molecular weight excluding hydrogens is 278 g/mol. The first-order valence-corrected chi connectivity index (χ1v) is 7.87. The van der Waals surface area contributed by atoms with Crippen molar-refractivity contribution < 1.29 is 0 Å². The molecule has 0 aliphatic heterocycles. The van der Waals surface area contributed by atoms with Gasteiger partial charge in [0.05, 0.1) is 30.3 Å². The third-order valence-corrected chi connectivity index (χ3v) is 4.93. The number of nitrogens with two attached hydrogens (primary N) is 1. The average Bonchev–Trinajstić information content (AvgIpc) is 3.15. The molecule has 1 aromatic carbocycles. The zero-order valence-corrected chi connectivity index (χ0v) is 13.0. The Bertz CT molecular complexity index is 714. The van der Waals surface area contributed by atoms with Crippen molar-refractivity contribution in [3.63, 3.8) is 0 Å². The standard InChI is InChI=1S/C17H19N3S/c1-12-8-9-16(21-12)13(2)20-11-19-10-15(20)17(18)14-6-4-3-5-7-14/h3-11,13,17H,18H2,1-2H3. The van der Waals surface area contributed by atoms with E-state index in [1.165, 1.54) is 9.75 Å². The van der Waals surface area contributed by atoms with Crippen molar-refractivity contribution in [1.82, 2.24) is 9.55 Å². The fourth-order valence-corrected chi connectivity index (χ4v) is 3.45. The van der Waals surface area contributed by atoms with E-state index in [1.807, 2.05) is 42.1 Å². The summed E-state index contributed by atoms with van der Waals surface area (Å²) < 4.78 is 2.17. The quantitative estimate of drug-likeness (QED) is 0.793. The molecule has 2 atom stereocenters. The third-order valence-electron chi connectivity index (χ3n) is 3.76. The first-order valence-electron chi connectivity index (χ1n) is 7.05. The number of hydrogen-bond donors (Lipinski definition) is 1. The predicted molar refractivity (Wildman–Crippen MR) is 87.6 cm³/mol. The molecule has 0 fully saturated rings. The van der Waals surface area contributed by atoms with E-state index in [9.17, 15) is 0 Å². The molecule has 108 valence electrons. The summed E-state index contributed by atoms with van der Waals surface area (Å²) >= 11 is 1.82. The molecule has 0 bridgehead atoms. The van der Waals surface area contributed by atoms with Crippen LogP contribution in [0.3, 0.4) is 0 Å². The van der Waals surface area contributed by atoms with Crippen molar-refractivity contribution in [1.29, 1.82) is 0 Å². The molecule has 2 unspecified atom stereocenters. The van der Waals surface area contributed by atoms with Gasteiger partial charge in [0.25, 0.3) is 0 Å². The summed E-state index contributed by atoms with van der Waals surface area (Å²) in [5, 5.41) is 0. The smallest absolute Gasteiger partial charge is 0.0954 e. The Kier molecular flexibility index (Phi) is 3.90. The molecule has 0 spiro atoms. The molecule has 3 rings (SSSR count). The molecule has 0 aliphatic carbocycles. The van der Waals surface area contributed by atoms with Crippen LogP contribution in [0.5, 0.6) is 0 Å². The van der Waals surface area contributed by atoms with Gasteiger partial charge in [-0.1, -0.05) is 30.3 Å². The molecule has 0 amide bonds. The Morgan fingerprint density at radius 2 is 1.90 bits per heavy atom. The minimum absolute atomic E-state index is 0.155. The van der Waals surface area contributed by atoms with Crippen molar-refractivity contribution in [3.8, 4) is 0 Å². The van der Waals surface area contributed by atoms with Gasteiger partial charge in [0.2, 0.25) is 0 Å². The summed E-state index contributed by atoms with van der Waals surface area (Å²) in [7, 11) is 0. The van der Waals surface area contributed by atoms with Gasteiger partial charge < -0.3 is 10.3 Å². The summed E-state index contributed by atoms with van der Waals surface area (Å²) in [4.78, 5) is 6.96. The Hall–Kier alpha value is -1.91. The molecule has 0 aliphatic rings. The zero-order valence-electron chi connectivity index (χ0n) is 12.2. The van der Waals surface area contributed by atoms with Crippen LogP contribution in [0.4, 0.5) is 0 Å². The first-order chi connectivity index (χ1) is 10.2. The lowest BCUT2D eigenvalue weighted by molar-refractivity contribution is 0.599. The third kappa shape index (κ3) is 2.77.